The van der Waals surface area contributed by atoms with Gasteiger partial charge >= 0.3 is 0 Å². The molecule has 0 aliphatic carbocycles. The summed E-state index contributed by atoms with van der Waals surface area (Å²) in [5.41, 5.74) is 1.64. The van der Waals surface area contributed by atoms with Gasteiger partial charge in [0.1, 0.15) is 5.82 Å². The van der Waals surface area contributed by atoms with Crippen molar-refractivity contribution in [1.82, 2.24) is 9.88 Å². The van der Waals surface area contributed by atoms with Crippen molar-refractivity contribution in [3.05, 3.63) is 54.1 Å². The number of hydrogen-bond donors (Lipinski definition) is 1. The van der Waals surface area contributed by atoms with Gasteiger partial charge in [0.05, 0.1) is 11.8 Å². The van der Waals surface area contributed by atoms with Crippen LogP contribution in [0.5, 0.6) is 0 Å². The van der Waals surface area contributed by atoms with Crippen molar-refractivity contribution in [2.45, 2.75) is 25.5 Å². The smallest absolute Gasteiger partial charge is 0.147 e. The molecule has 2 heterocycles. The molecule has 0 saturated carbocycles. The average molecular weight is 274 g/mol. The highest BCUT2D eigenvalue weighted by atomic mass is 19.1. The van der Waals surface area contributed by atoms with Gasteiger partial charge in [-0.15, -0.1) is 0 Å². The van der Waals surface area contributed by atoms with E-state index in [0.29, 0.717) is 18.3 Å². The summed E-state index contributed by atoms with van der Waals surface area (Å²) in [6.45, 7) is 2.43. The summed E-state index contributed by atoms with van der Waals surface area (Å²) in [5.74, 6) is -0.205. The maximum absolute atomic E-state index is 13.8. The highest BCUT2D eigenvalue weighted by Crippen LogP contribution is 2.16. The van der Waals surface area contributed by atoms with Crippen LogP contribution in [0, 0.1) is 5.82 Å². The SMILES string of the molecule is Fc1ccccc1-n1cccc1CNCC1CCCO1. The average Bonchev–Trinajstić information content (AvgIpc) is 3.11. The molecule has 4 heteroatoms. The van der Waals surface area contributed by atoms with E-state index >= 15 is 0 Å². The van der Waals surface area contributed by atoms with E-state index in [2.05, 4.69) is 5.32 Å². The van der Waals surface area contributed by atoms with Crippen LogP contribution in [0.1, 0.15) is 18.5 Å². The van der Waals surface area contributed by atoms with Crippen LogP contribution in [-0.4, -0.2) is 23.8 Å². The van der Waals surface area contributed by atoms with Crippen LogP contribution in [0.4, 0.5) is 4.39 Å². The quantitative estimate of drug-likeness (QED) is 0.907. The number of rotatable bonds is 5. The number of aromatic nitrogens is 1. The zero-order valence-electron chi connectivity index (χ0n) is 11.4. The zero-order valence-corrected chi connectivity index (χ0v) is 11.4. The molecule has 1 aromatic heterocycles. The molecular weight excluding hydrogens is 255 g/mol. The van der Waals surface area contributed by atoms with Crippen molar-refractivity contribution in [2.75, 3.05) is 13.2 Å². The predicted octanol–water partition coefficient (Wildman–Crippen LogP) is 2.89. The fraction of sp³-hybridized carbons (Fsp3) is 0.375. The van der Waals surface area contributed by atoms with Crippen molar-refractivity contribution in [1.29, 1.82) is 0 Å². The first-order chi connectivity index (χ1) is 9.84. The third kappa shape index (κ3) is 2.92. The van der Waals surface area contributed by atoms with E-state index in [1.54, 1.807) is 12.1 Å². The second-order valence-corrected chi connectivity index (χ2v) is 5.09. The summed E-state index contributed by atoms with van der Waals surface area (Å²) < 4.78 is 21.3. The summed E-state index contributed by atoms with van der Waals surface area (Å²) in [5, 5.41) is 3.39. The third-order valence-corrected chi connectivity index (χ3v) is 3.65. The minimum Gasteiger partial charge on any atom is -0.377 e. The van der Waals surface area contributed by atoms with Crippen LogP contribution in [0.15, 0.2) is 42.6 Å². The summed E-state index contributed by atoms with van der Waals surface area (Å²) in [7, 11) is 0. The third-order valence-electron chi connectivity index (χ3n) is 3.65. The minimum absolute atomic E-state index is 0.205. The van der Waals surface area contributed by atoms with E-state index in [4.69, 9.17) is 4.74 Å². The van der Waals surface area contributed by atoms with Crippen LogP contribution in [0.2, 0.25) is 0 Å². The van der Waals surface area contributed by atoms with Crippen molar-refractivity contribution in [3.8, 4) is 5.69 Å². The normalized spacial score (nSPS) is 18.6. The standard InChI is InChI=1S/C16H19FN2O/c17-15-7-1-2-8-16(15)19-9-3-5-13(19)11-18-12-14-6-4-10-20-14/h1-3,5,7-9,14,18H,4,6,10-12H2. The number of ether oxygens (including phenoxy) is 1. The molecule has 20 heavy (non-hydrogen) atoms. The Morgan fingerprint density at radius 1 is 1.25 bits per heavy atom. The van der Waals surface area contributed by atoms with Gasteiger partial charge in [0.15, 0.2) is 0 Å². The van der Waals surface area contributed by atoms with Gasteiger partial charge in [-0.1, -0.05) is 12.1 Å². The van der Waals surface area contributed by atoms with Crippen molar-refractivity contribution >= 4 is 0 Å². The van der Waals surface area contributed by atoms with Crippen LogP contribution in [-0.2, 0) is 11.3 Å². The molecule has 1 aliphatic rings. The summed E-state index contributed by atoms with van der Waals surface area (Å²) >= 11 is 0. The topological polar surface area (TPSA) is 26.2 Å². The highest BCUT2D eigenvalue weighted by molar-refractivity contribution is 5.36. The molecule has 1 fully saturated rings. The Hall–Kier alpha value is -1.65. The Bertz CT molecular complexity index is 561. The molecule has 0 amide bonds. The van der Waals surface area contributed by atoms with Gasteiger partial charge in [0, 0.05) is 31.6 Å². The molecule has 1 aromatic carbocycles. The predicted molar refractivity (Wildman–Crippen MR) is 76.4 cm³/mol. The first-order valence-corrected chi connectivity index (χ1v) is 7.08. The molecular formula is C16H19FN2O. The number of nitrogens with one attached hydrogen (secondary N) is 1. The molecule has 0 radical (unpaired) electrons. The van der Waals surface area contributed by atoms with Crippen LogP contribution in [0.25, 0.3) is 5.69 Å². The molecule has 3 rings (SSSR count). The van der Waals surface area contributed by atoms with E-state index in [9.17, 15) is 4.39 Å². The number of nitrogens with zero attached hydrogens (tertiary/aromatic N) is 1. The first kappa shape index (κ1) is 13.3. The van der Waals surface area contributed by atoms with Crippen LogP contribution < -0.4 is 5.32 Å². The Morgan fingerprint density at radius 2 is 2.15 bits per heavy atom. The van der Waals surface area contributed by atoms with E-state index in [1.165, 1.54) is 6.07 Å². The van der Waals surface area contributed by atoms with Crippen molar-refractivity contribution in [2.24, 2.45) is 0 Å². The maximum Gasteiger partial charge on any atom is 0.147 e. The molecule has 106 valence electrons. The Balaban J connectivity index is 1.66. The minimum atomic E-state index is -0.205. The van der Waals surface area contributed by atoms with Crippen molar-refractivity contribution < 1.29 is 9.13 Å². The lowest BCUT2D eigenvalue weighted by atomic mass is 10.2. The van der Waals surface area contributed by atoms with Gasteiger partial charge in [-0.3, -0.25) is 0 Å². The molecule has 0 bridgehead atoms. The fourth-order valence-electron chi connectivity index (χ4n) is 2.61. The fourth-order valence-corrected chi connectivity index (χ4v) is 2.61. The molecule has 0 spiro atoms. The van der Waals surface area contributed by atoms with E-state index in [0.717, 1.165) is 31.7 Å². The maximum atomic E-state index is 13.8. The highest BCUT2D eigenvalue weighted by Gasteiger charge is 2.15. The number of halogens is 1. The van der Waals surface area contributed by atoms with E-state index in [-0.39, 0.29) is 5.82 Å². The number of benzene rings is 1. The van der Waals surface area contributed by atoms with Gasteiger partial charge in [-0.2, -0.15) is 0 Å². The van der Waals surface area contributed by atoms with Gasteiger partial charge in [0.25, 0.3) is 0 Å². The molecule has 3 nitrogen and oxygen atoms in total. The second kappa shape index (κ2) is 6.20. The summed E-state index contributed by atoms with van der Waals surface area (Å²) in [4.78, 5) is 0. The Kier molecular flexibility index (Phi) is 4.14. The van der Waals surface area contributed by atoms with E-state index < -0.39 is 0 Å². The van der Waals surface area contributed by atoms with Gasteiger partial charge in [-0.05, 0) is 37.1 Å². The molecule has 1 unspecified atom stereocenters. The largest absolute Gasteiger partial charge is 0.377 e. The lowest BCUT2D eigenvalue weighted by molar-refractivity contribution is 0.110. The number of para-hydroxylation sites is 1. The van der Waals surface area contributed by atoms with Gasteiger partial charge in [-0.25, -0.2) is 4.39 Å². The van der Waals surface area contributed by atoms with Gasteiger partial charge in [0.2, 0.25) is 0 Å². The lowest BCUT2D eigenvalue weighted by Gasteiger charge is -2.13. The lowest BCUT2D eigenvalue weighted by Crippen LogP contribution is -2.26. The van der Waals surface area contributed by atoms with Crippen LogP contribution >= 0.6 is 0 Å². The molecule has 1 saturated heterocycles. The molecule has 1 aliphatic heterocycles. The molecule has 1 atom stereocenters. The Labute approximate surface area is 118 Å². The zero-order chi connectivity index (χ0) is 13.8. The van der Waals surface area contributed by atoms with Gasteiger partial charge < -0.3 is 14.6 Å². The van der Waals surface area contributed by atoms with Crippen molar-refractivity contribution in [3.63, 3.8) is 0 Å². The van der Waals surface area contributed by atoms with E-state index in [1.807, 2.05) is 29.0 Å². The Morgan fingerprint density at radius 3 is 2.95 bits per heavy atom. The van der Waals surface area contributed by atoms with Crippen LogP contribution in [0.3, 0.4) is 0 Å². The molecule has 1 N–H and O–H groups in total. The summed E-state index contributed by atoms with van der Waals surface area (Å²) in [6.07, 6.45) is 4.49. The first-order valence-electron chi connectivity index (χ1n) is 7.08. The number of hydrogen-bond acceptors (Lipinski definition) is 2. The monoisotopic (exact) mass is 274 g/mol. The second-order valence-electron chi connectivity index (χ2n) is 5.09. The summed E-state index contributed by atoms with van der Waals surface area (Å²) in [6, 6.07) is 10.8. The molecule has 2 aromatic rings.